The smallest absolute Gasteiger partial charge is 0.149 e. The third kappa shape index (κ3) is 2.41. The van der Waals surface area contributed by atoms with Gasteiger partial charge in [0, 0.05) is 23.0 Å². The van der Waals surface area contributed by atoms with Crippen molar-refractivity contribution in [3.63, 3.8) is 0 Å². The Labute approximate surface area is 110 Å². The van der Waals surface area contributed by atoms with Gasteiger partial charge in [-0.1, -0.05) is 11.6 Å². The molecule has 0 N–H and O–H groups in total. The van der Waals surface area contributed by atoms with Crippen LogP contribution in [-0.4, -0.2) is 17.1 Å². The van der Waals surface area contributed by atoms with E-state index in [1.54, 1.807) is 43.8 Å². The highest BCUT2D eigenvalue weighted by atomic mass is 35.5. The molecule has 1 aromatic heterocycles. The van der Waals surface area contributed by atoms with Crippen LogP contribution in [0.15, 0.2) is 36.7 Å². The van der Waals surface area contributed by atoms with Gasteiger partial charge in [0.1, 0.15) is 17.5 Å². The molecule has 0 aliphatic rings. The number of halogens is 1. The molecule has 0 saturated heterocycles. The molecule has 0 bridgehead atoms. The Morgan fingerprint density at radius 2 is 2.06 bits per heavy atom. The molecule has 1 aromatic carbocycles. The lowest BCUT2D eigenvalue weighted by molar-refractivity contribution is 0.409. The van der Waals surface area contributed by atoms with Crippen LogP contribution in [0.5, 0.6) is 5.75 Å². The molecule has 1 heterocycles. The van der Waals surface area contributed by atoms with Crippen molar-refractivity contribution >= 4 is 11.6 Å². The number of methoxy groups -OCH3 is 1. The molecular formula is C13H10ClN3O. The fourth-order valence-corrected chi connectivity index (χ4v) is 1.84. The van der Waals surface area contributed by atoms with E-state index in [1.807, 2.05) is 0 Å². The van der Waals surface area contributed by atoms with E-state index in [9.17, 15) is 5.26 Å². The summed E-state index contributed by atoms with van der Waals surface area (Å²) in [5.74, 6) is 0.429. The Balaban J connectivity index is 2.52. The van der Waals surface area contributed by atoms with E-state index in [0.29, 0.717) is 22.2 Å². The van der Waals surface area contributed by atoms with Gasteiger partial charge in [0.15, 0.2) is 0 Å². The molecule has 18 heavy (non-hydrogen) atoms. The fourth-order valence-electron chi connectivity index (χ4n) is 1.66. The van der Waals surface area contributed by atoms with Gasteiger partial charge < -0.3 is 4.74 Å². The number of aromatic nitrogens is 2. The van der Waals surface area contributed by atoms with Gasteiger partial charge in [0.25, 0.3) is 0 Å². The van der Waals surface area contributed by atoms with Crippen molar-refractivity contribution in [2.45, 2.75) is 5.92 Å². The zero-order valence-corrected chi connectivity index (χ0v) is 10.4. The molecule has 2 aromatic rings. The summed E-state index contributed by atoms with van der Waals surface area (Å²) in [6.45, 7) is 0. The first kappa shape index (κ1) is 12.3. The molecule has 0 spiro atoms. The summed E-state index contributed by atoms with van der Waals surface area (Å²) in [4.78, 5) is 8.20. The van der Waals surface area contributed by atoms with Crippen LogP contribution in [-0.2, 0) is 0 Å². The Morgan fingerprint density at radius 1 is 1.33 bits per heavy atom. The molecule has 0 radical (unpaired) electrons. The highest BCUT2D eigenvalue weighted by Crippen LogP contribution is 2.31. The van der Waals surface area contributed by atoms with Crippen LogP contribution < -0.4 is 4.74 Å². The van der Waals surface area contributed by atoms with E-state index in [4.69, 9.17) is 16.3 Å². The fraction of sp³-hybridized carbons (Fsp3) is 0.154. The second-order valence-corrected chi connectivity index (χ2v) is 3.99. The molecule has 2 rings (SSSR count). The minimum Gasteiger partial charge on any atom is -0.496 e. The van der Waals surface area contributed by atoms with E-state index in [1.165, 1.54) is 0 Å². The summed E-state index contributed by atoms with van der Waals surface area (Å²) in [6.07, 6.45) is 3.20. The third-order valence-corrected chi connectivity index (χ3v) is 2.71. The molecule has 5 heteroatoms. The molecule has 0 fully saturated rings. The van der Waals surface area contributed by atoms with Gasteiger partial charge in [-0.05, 0) is 24.3 Å². The standard InChI is InChI=1S/C13H10ClN3O/c1-18-12-4-3-9(14)7-10(12)11(8-15)13-16-5-2-6-17-13/h2-7,11H,1H3. The summed E-state index contributed by atoms with van der Waals surface area (Å²) in [5, 5.41) is 9.86. The summed E-state index contributed by atoms with van der Waals surface area (Å²) >= 11 is 5.96. The van der Waals surface area contributed by atoms with Gasteiger partial charge in [-0.15, -0.1) is 0 Å². The van der Waals surface area contributed by atoms with Gasteiger partial charge in [-0.2, -0.15) is 5.26 Å². The van der Waals surface area contributed by atoms with Crippen molar-refractivity contribution in [2.75, 3.05) is 7.11 Å². The third-order valence-electron chi connectivity index (χ3n) is 2.48. The second kappa shape index (κ2) is 5.48. The second-order valence-electron chi connectivity index (χ2n) is 3.56. The van der Waals surface area contributed by atoms with E-state index in [2.05, 4.69) is 16.0 Å². The highest BCUT2D eigenvalue weighted by Gasteiger charge is 2.20. The molecule has 90 valence electrons. The Bertz CT molecular complexity index is 581. The molecule has 1 unspecified atom stereocenters. The molecule has 0 aliphatic heterocycles. The number of benzene rings is 1. The molecule has 4 nitrogen and oxygen atoms in total. The topological polar surface area (TPSA) is 58.8 Å². The van der Waals surface area contributed by atoms with Crippen molar-refractivity contribution in [3.8, 4) is 11.8 Å². The average Bonchev–Trinajstić information content (AvgIpc) is 2.41. The average molecular weight is 260 g/mol. The van der Waals surface area contributed by atoms with Gasteiger partial charge in [0.05, 0.1) is 13.2 Å². The quantitative estimate of drug-likeness (QED) is 0.850. The lowest BCUT2D eigenvalue weighted by atomic mass is 9.98. The number of hydrogen-bond donors (Lipinski definition) is 0. The highest BCUT2D eigenvalue weighted by molar-refractivity contribution is 6.30. The SMILES string of the molecule is COc1ccc(Cl)cc1C(C#N)c1ncccn1. The maximum atomic E-state index is 9.32. The summed E-state index contributed by atoms with van der Waals surface area (Å²) in [5.41, 5.74) is 0.665. The van der Waals surface area contributed by atoms with Crippen LogP contribution in [0.25, 0.3) is 0 Å². The molecule has 1 atom stereocenters. The number of hydrogen-bond acceptors (Lipinski definition) is 4. The number of nitriles is 1. The first-order chi connectivity index (χ1) is 8.76. The summed E-state index contributed by atoms with van der Waals surface area (Å²) in [6, 6.07) is 9.01. The zero-order chi connectivity index (χ0) is 13.0. The van der Waals surface area contributed by atoms with Crippen molar-refractivity contribution in [2.24, 2.45) is 0 Å². The van der Waals surface area contributed by atoms with Crippen molar-refractivity contribution < 1.29 is 4.74 Å². The van der Waals surface area contributed by atoms with Gasteiger partial charge in [-0.25, -0.2) is 9.97 Å². The Kier molecular flexibility index (Phi) is 3.75. The minimum absolute atomic E-state index is 0.431. The molecule has 0 aliphatic carbocycles. The van der Waals surface area contributed by atoms with Crippen LogP contribution >= 0.6 is 11.6 Å². The van der Waals surface area contributed by atoms with E-state index >= 15 is 0 Å². The van der Waals surface area contributed by atoms with Crippen LogP contribution in [0.4, 0.5) is 0 Å². The zero-order valence-electron chi connectivity index (χ0n) is 9.67. The lowest BCUT2D eigenvalue weighted by Gasteiger charge is -2.12. The van der Waals surface area contributed by atoms with E-state index in [-0.39, 0.29) is 0 Å². The Hall–Kier alpha value is -2.12. The largest absolute Gasteiger partial charge is 0.496 e. The first-order valence-corrected chi connectivity index (χ1v) is 5.64. The van der Waals surface area contributed by atoms with Crippen molar-refractivity contribution in [1.29, 1.82) is 5.26 Å². The molecule has 0 saturated carbocycles. The summed E-state index contributed by atoms with van der Waals surface area (Å²) < 4.78 is 5.24. The van der Waals surface area contributed by atoms with Crippen LogP contribution in [0.1, 0.15) is 17.3 Å². The maximum absolute atomic E-state index is 9.32. The first-order valence-electron chi connectivity index (χ1n) is 5.26. The van der Waals surface area contributed by atoms with E-state index in [0.717, 1.165) is 0 Å². The number of nitrogens with zero attached hydrogens (tertiary/aromatic N) is 3. The normalized spacial score (nSPS) is 11.6. The predicted molar refractivity (Wildman–Crippen MR) is 67.5 cm³/mol. The van der Waals surface area contributed by atoms with Gasteiger partial charge in [0.2, 0.25) is 0 Å². The monoisotopic (exact) mass is 259 g/mol. The number of ether oxygens (including phenoxy) is 1. The van der Waals surface area contributed by atoms with Crippen molar-refractivity contribution in [3.05, 3.63) is 53.1 Å². The summed E-state index contributed by atoms with van der Waals surface area (Å²) in [7, 11) is 1.55. The Morgan fingerprint density at radius 3 is 2.67 bits per heavy atom. The maximum Gasteiger partial charge on any atom is 0.149 e. The van der Waals surface area contributed by atoms with Crippen LogP contribution in [0, 0.1) is 11.3 Å². The lowest BCUT2D eigenvalue weighted by Crippen LogP contribution is -2.05. The van der Waals surface area contributed by atoms with Gasteiger partial charge in [-0.3, -0.25) is 0 Å². The van der Waals surface area contributed by atoms with Gasteiger partial charge >= 0.3 is 0 Å². The van der Waals surface area contributed by atoms with Crippen LogP contribution in [0.2, 0.25) is 5.02 Å². The van der Waals surface area contributed by atoms with Crippen molar-refractivity contribution in [1.82, 2.24) is 9.97 Å². The minimum atomic E-state index is -0.597. The molecular weight excluding hydrogens is 250 g/mol. The van der Waals surface area contributed by atoms with Crippen LogP contribution in [0.3, 0.4) is 0 Å². The van der Waals surface area contributed by atoms with E-state index < -0.39 is 5.92 Å². The number of rotatable bonds is 3. The molecule has 0 amide bonds. The predicted octanol–water partition coefficient (Wildman–Crippen LogP) is 2.79.